The van der Waals surface area contributed by atoms with Crippen LogP contribution in [0.2, 0.25) is 0 Å². The molecule has 0 radical (unpaired) electrons. The molecule has 3 aromatic heterocycles. The van der Waals surface area contributed by atoms with Gasteiger partial charge in [0.15, 0.2) is 0 Å². The lowest BCUT2D eigenvalue weighted by atomic mass is 10.0. The van der Waals surface area contributed by atoms with E-state index >= 15 is 0 Å². The molecule has 0 aliphatic heterocycles. The van der Waals surface area contributed by atoms with Crippen LogP contribution in [0.3, 0.4) is 0 Å². The van der Waals surface area contributed by atoms with Gasteiger partial charge < -0.3 is 9.13 Å². The van der Waals surface area contributed by atoms with E-state index in [1.807, 2.05) is 78.9 Å². The van der Waals surface area contributed by atoms with Gasteiger partial charge in [-0.3, -0.25) is 0 Å². The minimum atomic E-state index is -3.96. The zero-order valence-electron chi connectivity index (χ0n) is 32.2. The quantitative estimate of drug-likeness (QED) is 0.168. The van der Waals surface area contributed by atoms with Gasteiger partial charge >= 0.3 is 0 Å². The molecule has 0 amide bonds. The molecule has 0 bridgehead atoms. The minimum absolute atomic E-state index is 0.259. The van der Waals surface area contributed by atoms with E-state index in [2.05, 4.69) is 124 Å². The fourth-order valence-corrected chi connectivity index (χ4v) is 11.5. The van der Waals surface area contributed by atoms with Gasteiger partial charge in [-0.1, -0.05) is 109 Å². The van der Waals surface area contributed by atoms with Gasteiger partial charge in [-0.05, 0) is 119 Å². The number of aromatic nitrogens is 2. The number of thiophene rings is 1. The van der Waals surface area contributed by atoms with E-state index in [1.54, 1.807) is 23.5 Å². The normalized spacial score (nSPS) is 12.1. The summed E-state index contributed by atoms with van der Waals surface area (Å²) in [5.41, 5.74) is 10.3. The van der Waals surface area contributed by atoms with Gasteiger partial charge in [0, 0.05) is 53.1 Å². The Kier molecular flexibility index (Phi) is 7.76. The van der Waals surface area contributed by atoms with E-state index in [4.69, 9.17) is 0 Å². The number of nitrogens with zero attached hydrogens (tertiary/aromatic N) is 2. The van der Waals surface area contributed by atoms with E-state index in [1.165, 1.54) is 20.2 Å². The predicted molar refractivity (Wildman–Crippen MR) is 251 cm³/mol. The molecule has 60 heavy (non-hydrogen) atoms. The Bertz CT molecular complexity index is 3770. The molecule has 0 unspecified atom stereocenters. The highest BCUT2D eigenvalue weighted by atomic mass is 32.2. The second-order valence-corrected chi connectivity index (χ2v) is 18.4. The minimum Gasteiger partial charge on any atom is -0.309 e. The summed E-state index contributed by atoms with van der Waals surface area (Å²) < 4.78 is 36.9. The van der Waals surface area contributed by atoms with Crippen molar-refractivity contribution >= 4 is 85.0 Å². The molecule has 6 heteroatoms. The van der Waals surface area contributed by atoms with Gasteiger partial charge in [0.2, 0.25) is 9.84 Å². The van der Waals surface area contributed by atoms with Crippen molar-refractivity contribution in [1.29, 1.82) is 0 Å². The van der Waals surface area contributed by atoms with Crippen LogP contribution in [0.1, 0.15) is 0 Å². The molecule has 12 aromatic rings. The Morgan fingerprint density at radius 3 is 1.33 bits per heavy atom. The van der Waals surface area contributed by atoms with Crippen LogP contribution in [0.15, 0.2) is 216 Å². The van der Waals surface area contributed by atoms with Gasteiger partial charge in [0.1, 0.15) is 0 Å². The van der Waals surface area contributed by atoms with Crippen molar-refractivity contribution in [3.63, 3.8) is 0 Å². The van der Waals surface area contributed by atoms with E-state index < -0.39 is 9.84 Å². The van der Waals surface area contributed by atoms with Crippen molar-refractivity contribution in [2.24, 2.45) is 0 Å². The van der Waals surface area contributed by atoms with Crippen molar-refractivity contribution in [3.8, 4) is 33.6 Å². The Morgan fingerprint density at radius 2 is 0.767 bits per heavy atom. The van der Waals surface area contributed by atoms with Crippen LogP contribution in [0, 0.1) is 0 Å². The van der Waals surface area contributed by atoms with Crippen LogP contribution in [0.5, 0.6) is 0 Å². The molecular formula is C54H34N2O2S2. The first kappa shape index (κ1) is 34.8. The zero-order chi connectivity index (χ0) is 40.0. The summed E-state index contributed by atoms with van der Waals surface area (Å²) in [4.78, 5) is 0.518. The highest BCUT2D eigenvalue weighted by molar-refractivity contribution is 7.91. The average Bonchev–Trinajstić information content (AvgIpc) is 3.96. The monoisotopic (exact) mass is 806 g/mol. The summed E-state index contributed by atoms with van der Waals surface area (Å²) in [6.07, 6.45) is 0. The first-order valence-corrected chi connectivity index (χ1v) is 22.3. The number of hydrogen-bond acceptors (Lipinski definition) is 3. The molecule has 3 heterocycles. The van der Waals surface area contributed by atoms with E-state index in [0.717, 1.165) is 77.2 Å². The molecule has 0 N–H and O–H groups in total. The number of sulfone groups is 1. The number of hydrogen-bond donors (Lipinski definition) is 0. The molecule has 0 saturated carbocycles. The third-order valence-electron chi connectivity index (χ3n) is 11.9. The summed E-state index contributed by atoms with van der Waals surface area (Å²) >= 11 is 1.80. The van der Waals surface area contributed by atoms with Crippen LogP contribution in [-0.4, -0.2) is 17.6 Å². The van der Waals surface area contributed by atoms with E-state index in [9.17, 15) is 8.42 Å². The van der Waals surface area contributed by atoms with Crippen LogP contribution < -0.4 is 0 Å². The molecule has 4 nitrogen and oxygen atoms in total. The highest BCUT2D eigenvalue weighted by Crippen LogP contribution is 2.41. The lowest BCUT2D eigenvalue weighted by Crippen LogP contribution is -2.02. The van der Waals surface area contributed by atoms with Gasteiger partial charge in [-0.25, -0.2) is 8.42 Å². The molecular weight excluding hydrogens is 773 g/mol. The molecule has 0 saturated heterocycles. The fourth-order valence-electron chi connectivity index (χ4n) is 9.08. The smallest absolute Gasteiger partial charge is 0.206 e. The number of fused-ring (bicyclic) bond motifs is 9. The summed E-state index contributed by atoms with van der Waals surface area (Å²) in [5.74, 6) is 0. The topological polar surface area (TPSA) is 44.0 Å². The van der Waals surface area contributed by atoms with Gasteiger partial charge in [0.05, 0.1) is 31.9 Å². The Morgan fingerprint density at radius 1 is 0.317 bits per heavy atom. The summed E-state index contributed by atoms with van der Waals surface area (Å²) in [5, 5.41) is 6.20. The maximum atomic E-state index is 15.0. The molecule has 9 aromatic carbocycles. The molecule has 0 atom stereocenters. The lowest BCUT2D eigenvalue weighted by molar-refractivity contribution is 0.596. The third kappa shape index (κ3) is 5.38. The van der Waals surface area contributed by atoms with E-state index in [0.29, 0.717) is 0 Å². The van der Waals surface area contributed by atoms with Gasteiger partial charge in [-0.15, -0.1) is 11.3 Å². The fraction of sp³-hybridized carbons (Fsp3) is 0. The van der Waals surface area contributed by atoms with Crippen molar-refractivity contribution < 1.29 is 8.42 Å². The second-order valence-electron chi connectivity index (χ2n) is 15.3. The standard InChI is InChI=1S/C54H34N2O2S2/c57-60(58,41-23-27-51-46(33-41)44-30-37(35-12-4-1-5-13-35)20-25-49(44)55(51)39-16-8-3-9-17-39)42-24-28-52-47(34-42)45-31-38(36-14-6-2-7-15-36)21-26-50(45)56(52)40-22-29-54-48(32-40)43-18-10-11-19-53(43)59-54/h1-34H. The first-order chi connectivity index (χ1) is 29.5. The molecule has 0 aliphatic carbocycles. The van der Waals surface area contributed by atoms with Crippen LogP contribution >= 0.6 is 11.3 Å². The summed E-state index contributed by atoms with van der Waals surface area (Å²) in [6.45, 7) is 0. The SMILES string of the molecule is O=S(=O)(c1ccc2c(c1)c1cc(-c3ccccc3)ccc1n2-c1ccccc1)c1ccc2c(c1)c1cc(-c3ccccc3)ccc1n2-c1ccc2sc3ccccc3c2c1. The number of rotatable bonds is 6. The van der Waals surface area contributed by atoms with Gasteiger partial charge in [0.25, 0.3) is 0 Å². The summed E-state index contributed by atoms with van der Waals surface area (Å²) in [6, 6.07) is 70.3. The zero-order valence-corrected chi connectivity index (χ0v) is 33.8. The van der Waals surface area contributed by atoms with Gasteiger partial charge in [-0.2, -0.15) is 0 Å². The number of para-hydroxylation sites is 1. The molecule has 12 rings (SSSR count). The van der Waals surface area contributed by atoms with E-state index in [-0.39, 0.29) is 9.79 Å². The molecule has 0 fully saturated rings. The van der Waals surface area contributed by atoms with Crippen LogP contribution in [0.25, 0.3) is 97.4 Å². The molecule has 0 spiro atoms. The van der Waals surface area contributed by atoms with Crippen molar-refractivity contribution in [1.82, 2.24) is 9.13 Å². The summed E-state index contributed by atoms with van der Waals surface area (Å²) in [7, 11) is -3.96. The van der Waals surface area contributed by atoms with Crippen molar-refractivity contribution in [2.75, 3.05) is 0 Å². The molecule has 284 valence electrons. The van der Waals surface area contributed by atoms with Crippen LogP contribution in [-0.2, 0) is 9.84 Å². The second kappa shape index (κ2) is 13.4. The lowest BCUT2D eigenvalue weighted by Gasteiger charge is -2.10. The Hall–Kier alpha value is -7.25. The molecule has 0 aliphatic rings. The van der Waals surface area contributed by atoms with Crippen molar-refractivity contribution in [2.45, 2.75) is 9.79 Å². The predicted octanol–water partition coefficient (Wildman–Crippen LogP) is 14.4. The Balaban J connectivity index is 1.06. The van der Waals surface area contributed by atoms with Crippen LogP contribution in [0.4, 0.5) is 0 Å². The number of benzene rings is 9. The Labute approximate surface area is 350 Å². The maximum absolute atomic E-state index is 15.0. The van der Waals surface area contributed by atoms with Crippen molar-refractivity contribution in [3.05, 3.63) is 206 Å². The first-order valence-electron chi connectivity index (χ1n) is 20.0. The largest absolute Gasteiger partial charge is 0.309 e. The average molecular weight is 807 g/mol. The third-order valence-corrected chi connectivity index (χ3v) is 14.8. The highest BCUT2D eigenvalue weighted by Gasteiger charge is 2.24. The maximum Gasteiger partial charge on any atom is 0.206 e.